The molecule has 0 spiro atoms. The van der Waals surface area contributed by atoms with Gasteiger partial charge in [0, 0.05) is 18.5 Å². The van der Waals surface area contributed by atoms with Gasteiger partial charge < -0.3 is 29.0 Å². The monoisotopic (exact) mass is 491 g/mol. The third kappa shape index (κ3) is 5.74. The molecule has 1 N–H and O–H groups in total. The van der Waals surface area contributed by atoms with Crippen molar-refractivity contribution in [3.05, 3.63) is 82.4 Å². The maximum Gasteiger partial charge on any atom is 0.302 e. The van der Waals surface area contributed by atoms with E-state index in [1.807, 2.05) is 48.5 Å². The van der Waals surface area contributed by atoms with Crippen LogP contribution in [0.1, 0.15) is 40.8 Å². The number of fused-ring (bicyclic) bond motifs is 1. The molecule has 1 heterocycles. The third-order valence-corrected chi connectivity index (χ3v) is 6.41. The van der Waals surface area contributed by atoms with E-state index in [9.17, 15) is 4.79 Å². The molecule has 4 rings (SSSR count). The molecule has 3 aromatic carbocycles. The van der Waals surface area contributed by atoms with Crippen LogP contribution in [0, 0.1) is 0 Å². The van der Waals surface area contributed by atoms with Crippen LogP contribution in [0.3, 0.4) is 0 Å². The Hall–Kier alpha value is -3.71. The van der Waals surface area contributed by atoms with Crippen molar-refractivity contribution in [3.63, 3.8) is 0 Å². The van der Waals surface area contributed by atoms with E-state index >= 15 is 0 Å². The predicted octanol–water partition coefficient (Wildman–Crippen LogP) is 4.78. The topological polar surface area (TPSA) is 75.2 Å². The van der Waals surface area contributed by atoms with Crippen LogP contribution in [0.5, 0.6) is 23.0 Å². The van der Waals surface area contributed by atoms with Crippen LogP contribution in [0.4, 0.5) is 0 Å². The number of nitrogens with one attached hydrogen (secondary N) is 1. The lowest BCUT2D eigenvalue weighted by Gasteiger charge is -2.29. The normalized spacial score (nSPS) is 14.5. The average molecular weight is 492 g/mol. The van der Waals surface area contributed by atoms with Gasteiger partial charge in [0.15, 0.2) is 23.0 Å². The quantitative estimate of drug-likeness (QED) is 0.409. The smallest absolute Gasteiger partial charge is 0.302 e. The first-order chi connectivity index (χ1) is 17.5. The van der Waals surface area contributed by atoms with Crippen LogP contribution in [-0.4, -0.2) is 33.8 Å². The van der Waals surface area contributed by atoms with Gasteiger partial charge in [-0.1, -0.05) is 36.4 Å². The van der Waals surface area contributed by atoms with Gasteiger partial charge in [0.2, 0.25) is 0 Å². The molecule has 1 aliphatic heterocycles. The van der Waals surface area contributed by atoms with E-state index in [4.69, 9.17) is 23.7 Å². The van der Waals surface area contributed by atoms with Crippen LogP contribution in [-0.2, 0) is 35.6 Å². The molecular formula is C29H33NO6. The first kappa shape index (κ1) is 25.4. The Bertz CT molecular complexity index is 1190. The van der Waals surface area contributed by atoms with E-state index in [2.05, 4.69) is 11.4 Å². The van der Waals surface area contributed by atoms with Gasteiger partial charge in [-0.3, -0.25) is 4.79 Å². The van der Waals surface area contributed by atoms with Gasteiger partial charge in [-0.05, 0) is 59.8 Å². The highest BCUT2D eigenvalue weighted by Crippen LogP contribution is 2.39. The van der Waals surface area contributed by atoms with Crippen LogP contribution < -0.4 is 24.3 Å². The highest BCUT2D eigenvalue weighted by atomic mass is 16.5. The molecule has 0 saturated heterocycles. The largest absolute Gasteiger partial charge is 0.493 e. The maximum atomic E-state index is 11.7. The van der Waals surface area contributed by atoms with Crippen molar-refractivity contribution in [1.29, 1.82) is 0 Å². The highest BCUT2D eigenvalue weighted by molar-refractivity contribution is 5.66. The number of ether oxygens (including phenoxy) is 5. The number of methoxy groups -OCH3 is 3. The van der Waals surface area contributed by atoms with Crippen molar-refractivity contribution in [3.8, 4) is 23.0 Å². The van der Waals surface area contributed by atoms with Crippen LogP contribution in [0.25, 0.3) is 0 Å². The lowest BCUT2D eigenvalue weighted by Crippen LogP contribution is -2.31. The fourth-order valence-electron chi connectivity index (χ4n) is 4.61. The molecule has 1 atom stereocenters. The molecule has 0 amide bonds. The fourth-order valence-corrected chi connectivity index (χ4v) is 4.61. The predicted molar refractivity (Wildman–Crippen MR) is 137 cm³/mol. The second kappa shape index (κ2) is 11.8. The van der Waals surface area contributed by atoms with Gasteiger partial charge in [0.25, 0.3) is 0 Å². The van der Waals surface area contributed by atoms with Crippen LogP contribution in [0.2, 0.25) is 0 Å². The Morgan fingerprint density at radius 2 is 1.67 bits per heavy atom. The zero-order valence-electron chi connectivity index (χ0n) is 21.3. The lowest BCUT2D eigenvalue weighted by atomic mass is 9.88. The van der Waals surface area contributed by atoms with Gasteiger partial charge in [-0.25, -0.2) is 0 Å². The molecule has 0 fully saturated rings. The zero-order chi connectivity index (χ0) is 25.5. The van der Waals surface area contributed by atoms with Crippen molar-refractivity contribution in [2.24, 2.45) is 0 Å². The number of hydrogen-bond acceptors (Lipinski definition) is 7. The van der Waals surface area contributed by atoms with Gasteiger partial charge in [0.05, 0.1) is 21.3 Å². The number of esters is 1. The van der Waals surface area contributed by atoms with E-state index in [-0.39, 0.29) is 18.6 Å². The lowest BCUT2D eigenvalue weighted by molar-refractivity contribution is -0.142. The van der Waals surface area contributed by atoms with Crippen LogP contribution in [0.15, 0.2) is 54.6 Å². The minimum Gasteiger partial charge on any atom is -0.493 e. The summed E-state index contributed by atoms with van der Waals surface area (Å²) in [5.74, 6) is 2.27. The summed E-state index contributed by atoms with van der Waals surface area (Å²) in [6, 6.07) is 18.0. The first-order valence-corrected chi connectivity index (χ1v) is 12.0. The minimum atomic E-state index is -0.350. The number of carbonyl (C=O) groups excluding carboxylic acids is 1. The maximum absolute atomic E-state index is 11.7. The summed E-state index contributed by atoms with van der Waals surface area (Å²) < 4.78 is 28.4. The van der Waals surface area contributed by atoms with E-state index in [0.29, 0.717) is 30.3 Å². The summed E-state index contributed by atoms with van der Waals surface area (Å²) >= 11 is 0. The van der Waals surface area contributed by atoms with Gasteiger partial charge in [-0.2, -0.15) is 0 Å². The first-order valence-electron chi connectivity index (χ1n) is 12.0. The molecule has 1 aliphatic rings. The average Bonchev–Trinajstić information content (AvgIpc) is 2.91. The van der Waals surface area contributed by atoms with Crippen molar-refractivity contribution < 1.29 is 28.5 Å². The summed E-state index contributed by atoms with van der Waals surface area (Å²) in [7, 11) is 4.90. The Labute approximate surface area is 212 Å². The second-order valence-electron chi connectivity index (χ2n) is 8.66. The highest BCUT2D eigenvalue weighted by Gasteiger charge is 2.25. The molecule has 3 aromatic rings. The van der Waals surface area contributed by atoms with Crippen molar-refractivity contribution >= 4 is 5.97 Å². The summed E-state index contributed by atoms with van der Waals surface area (Å²) in [5.41, 5.74) is 5.26. The van der Waals surface area contributed by atoms with E-state index in [1.165, 1.54) is 18.1 Å². The fraction of sp³-hybridized carbons (Fsp3) is 0.345. The summed E-state index contributed by atoms with van der Waals surface area (Å²) in [6.07, 6.45) is 1.58. The van der Waals surface area contributed by atoms with E-state index in [0.717, 1.165) is 35.4 Å². The number of benzene rings is 3. The molecule has 36 heavy (non-hydrogen) atoms. The minimum absolute atomic E-state index is 0.0467. The van der Waals surface area contributed by atoms with Crippen LogP contribution >= 0.6 is 0 Å². The van der Waals surface area contributed by atoms with E-state index < -0.39 is 0 Å². The van der Waals surface area contributed by atoms with Crippen molar-refractivity contribution in [2.75, 3.05) is 27.9 Å². The number of carbonyl (C=O) groups is 1. The molecule has 0 aliphatic carbocycles. The molecule has 0 unspecified atom stereocenters. The summed E-state index contributed by atoms with van der Waals surface area (Å²) in [5, 5.41) is 3.63. The Kier molecular flexibility index (Phi) is 8.33. The standard InChI is InChI=1S/C29H33NO6/c1-19(31)35-18-24-21(10-11-26(29(24)34-4)36-17-20-8-6-5-7-9-20)14-25-23-16-28(33-3)27(32-2)15-22(23)12-13-30-25/h5-11,15-16,25,30H,12-14,17-18H2,1-4H3/t25-/m0/s1. The molecule has 0 aromatic heterocycles. The number of hydrogen-bond donors (Lipinski definition) is 1. The molecule has 7 nitrogen and oxygen atoms in total. The molecular weight excluding hydrogens is 458 g/mol. The summed E-state index contributed by atoms with van der Waals surface area (Å²) in [4.78, 5) is 11.7. The molecule has 0 radical (unpaired) electrons. The molecule has 190 valence electrons. The zero-order valence-corrected chi connectivity index (χ0v) is 21.3. The Morgan fingerprint density at radius 1 is 0.917 bits per heavy atom. The van der Waals surface area contributed by atoms with Crippen molar-refractivity contribution in [2.45, 2.75) is 39.0 Å². The second-order valence-corrected chi connectivity index (χ2v) is 8.66. The molecule has 0 saturated carbocycles. The Morgan fingerprint density at radius 3 is 2.36 bits per heavy atom. The molecule has 7 heteroatoms. The SMILES string of the molecule is COc1cc2c(cc1OC)[C@H](Cc1ccc(OCc3ccccc3)c(OC)c1COC(C)=O)NCC2. The number of rotatable bonds is 10. The van der Waals surface area contributed by atoms with Crippen molar-refractivity contribution in [1.82, 2.24) is 5.32 Å². The van der Waals surface area contributed by atoms with Gasteiger partial charge in [-0.15, -0.1) is 0 Å². The van der Waals surface area contributed by atoms with Gasteiger partial charge >= 0.3 is 5.97 Å². The molecule has 0 bridgehead atoms. The Balaban J connectivity index is 1.66. The third-order valence-electron chi connectivity index (χ3n) is 6.41. The van der Waals surface area contributed by atoms with Gasteiger partial charge in [0.1, 0.15) is 13.2 Å². The summed E-state index contributed by atoms with van der Waals surface area (Å²) in [6.45, 7) is 2.76. The van der Waals surface area contributed by atoms with E-state index in [1.54, 1.807) is 21.3 Å².